The Kier molecular flexibility index (Phi) is 9.39. The molecule has 3 aromatic rings. The molecule has 3 rings (SSSR count). The maximum absolute atomic E-state index is 12.8. The topological polar surface area (TPSA) is 100 Å². The number of amides is 2. The first-order valence-corrected chi connectivity index (χ1v) is 11.6. The maximum Gasteiger partial charge on any atom is 0.287 e. The van der Waals surface area contributed by atoms with E-state index in [1.807, 2.05) is 30.3 Å². The normalized spacial score (nSPS) is 11.5. The van der Waals surface area contributed by atoms with E-state index >= 15 is 0 Å². The fraction of sp³-hybridized carbons (Fsp3) is 0.0741. The van der Waals surface area contributed by atoms with E-state index in [0.29, 0.717) is 22.2 Å². The number of halogens is 1. The number of aromatic hydroxyl groups is 1. The van der Waals surface area contributed by atoms with Crippen molar-refractivity contribution in [3.05, 3.63) is 112 Å². The summed E-state index contributed by atoms with van der Waals surface area (Å²) in [7, 11) is 0. The minimum absolute atomic E-state index is 0.00310. The Morgan fingerprint density at radius 2 is 1.74 bits per heavy atom. The average Bonchev–Trinajstić information content (AvgIpc) is 2.87. The summed E-state index contributed by atoms with van der Waals surface area (Å²) in [6.45, 7) is 2.18. The van der Waals surface area contributed by atoms with Crippen LogP contribution in [0, 0.1) is 0 Å². The van der Waals surface area contributed by atoms with E-state index in [-0.39, 0.29) is 17.2 Å². The molecule has 2 amide bonds. The van der Waals surface area contributed by atoms with Crippen LogP contribution in [0.15, 0.2) is 100 Å². The van der Waals surface area contributed by atoms with Gasteiger partial charge in [0.05, 0.1) is 12.8 Å². The van der Waals surface area contributed by atoms with Crippen LogP contribution in [0.4, 0.5) is 0 Å². The molecular weight excluding hydrogens is 510 g/mol. The van der Waals surface area contributed by atoms with Crippen molar-refractivity contribution in [3.8, 4) is 11.5 Å². The van der Waals surface area contributed by atoms with Crippen LogP contribution in [0.2, 0.25) is 0 Å². The quantitative estimate of drug-likeness (QED) is 0.155. The predicted molar refractivity (Wildman–Crippen MR) is 140 cm³/mol. The zero-order chi connectivity index (χ0) is 25.0. The minimum atomic E-state index is -0.636. The van der Waals surface area contributed by atoms with Gasteiger partial charge >= 0.3 is 0 Å². The molecule has 35 heavy (non-hydrogen) atoms. The van der Waals surface area contributed by atoms with Gasteiger partial charge in [-0.05, 0) is 42.8 Å². The van der Waals surface area contributed by atoms with Crippen LogP contribution in [0.1, 0.15) is 28.4 Å². The van der Waals surface area contributed by atoms with Crippen LogP contribution in [0.25, 0.3) is 6.08 Å². The number of ether oxygens (including phenoxy) is 1. The fourth-order valence-corrected chi connectivity index (χ4v) is 3.41. The molecule has 0 bridgehead atoms. The smallest absolute Gasteiger partial charge is 0.287 e. The Labute approximate surface area is 212 Å². The first-order chi connectivity index (χ1) is 17.0. The number of carbonyl (C=O) groups is 2. The lowest BCUT2D eigenvalue weighted by molar-refractivity contribution is -0.117. The second-order valence-corrected chi connectivity index (χ2v) is 8.06. The molecule has 0 spiro atoms. The van der Waals surface area contributed by atoms with Gasteiger partial charge in [0.1, 0.15) is 5.70 Å². The third kappa shape index (κ3) is 7.68. The Hall–Kier alpha value is -4.17. The molecule has 0 aliphatic carbocycles. The summed E-state index contributed by atoms with van der Waals surface area (Å²) in [4.78, 5) is 25.4. The second kappa shape index (κ2) is 12.9. The predicted octanol–water partition coefficient (Wildman–Crippen LogP) is 5.03. The summed E-state index contributed by atoms with van der Waals surface area (Å²) in [5, 5.41) is 16.9. The first-order valence-electron chi connectivity index (χ1n) is 10.8. The number of nitrogens with zero attached hydrogens (tertiary/aromatic N) is 1. The zero-order valence-electron chi connectivity index (χ0n) is 18.9. The monoisotopic (exact) mass is 533 g/mol. The number of nitrogens with one attached hydrogen (secondary N) is 2. The van der Waals surface area contributed by atoms with E-state index in [9.17, 15) is 14.7 Å². The van der Waals surface area contributed by atoms with Crippen molar-refractivity contribution in [1.29, 1.82) is 0 Å². The highest BCUT2D eigenvalue weighted by atomic mass is 79.9. The van der Waals surface area contributed by atoms with E-state index < -0.39 is 11.8 Å². The van der Waals surface area contributed by atoms with Crippen LogP contribution in [-0.4, -0.2) is 29.7 Å². The summed E-state index contributed by atoms with van der Waals surface area (Å²) in [5.74, 6) is -0.888. The molecule has 0 heterocycles. The Balaban J connectivity index is 1.79. The standard InChI is InChI=1S/C27H24BrN3O4/c1-2-35-24-17-22(28)16-21(25(24)32)18-29-31-27(34)23(15-9-12-19-10-5-3-6-11-19)30-26(33)20-13-7-4-8-14-20/h3-18,32H,2H2,1H3,(H,30,33)(H,31,34)/b12-9+,23-15-,29-18-. The van der Waals surface area contributed by atoms with E-state index in [2.05, 4.69) is 31.8 Å². The molecule has 178 valence electrons. The lowest BCUT2D eigenvalue weighted by Crippen LogP contribution is -2.32. The van der Waals surface area contributed by atoms with Gasteiger partial charge in [-0.2, -0.15) is 5.10 Å². The highest BCUT2D eigenvalue weighted by molar-refractivity contribution is 9.10. The van der Waals surface area contributed by atoms with Gasteiger partial charge in [-0.1, -0.05) is 76.6 Å². The number of rotatable bonds is 9. The summed E-state index contributed by atoms with van der Waals surface area (Å²) >= 11 is 3.35. The number of carbonyl (C=O) groups excluding carboxylic acids is 2. The fourth-order valence-electron chi connectivity index (χ4n) is 2.96. The van der Waals surface area contributed by atoms with Crippen LogP contribution < -0.4 is 15.5 Å². The van der Waals surface area contributed by atoms with Gasteiger partial charge in [0.2, 0.25) is 0 Å². The number of phenolic OH excluding ortho intramolecular Hbond substituents is 1. The van der Waals surface area contributed by atoms with Crippen molar-refractivity contribution in [3.63, 3.8) is 0 Å². The zero-order valence-corrected chi connectivity index (χ0v) is 20.5. The molecule has 0 fully saturated rings. The van der Waals surface area contributed by atoms with Gasteiger partial charge in [0.15, 0.2) is 11.5 Å². The third-order valence-corrected chi connectivity index (χ3v) is 5.08. The molecule has 0 saturated heterocycles. The summed E-state index contributed by atoms with van der Waals surface area (Å²) in [6.07, 6.45) is 6.24. The van der Waals surface area contributed by atoms with E-state index in [1.165, 1.54) is 12.3 Å². The SMILES string of the molecule is CCOc1cc(Br)cc(/C=N\NC(=O)/C(=C/C=C/c2ccccc2)NC(=O)c2ccccc2)c1O. The number of benzene rings is 3. The first kappa shape index (κ1) is 25.5. The molecule has 0 aliphatic rings. The largest absolute Gasteiger partial charge is 0.504 e. The lowest BCUT2D eigenvalue weighted by atomic mass is 10.2. The van der Waals surface area contributed by atoms with Crippen molar-refractivity contribution in [2.24, 2.45) is 5.10 Å². The molecule has 0 aliphatic heterocycles. The van der Waals surface area contributed by atoms with Gasteiger partial charge in [-0.25, -0.2) is 5.43 Å². The van der Waals surface area contributed by atoms with Gasteiger partial charge in [-0.15, -0.1) is 0 Å². The number of phenols is 1. The van der Waals surface area contributed by atoms with Crippen molar-refractivity contribution < 1.29 is 19.4 Å². The summed E-state index contributed by atoms with van der Waals surface area (Å²) < 4.78 is 6.07. The number of allylic oxidation sites excluding steroid dienone is 2. The molecule has 8 heteroatoms. The molecule has 0 atom stereocenters. The van der Waals surface area contributed by atoms with E-state index in [1.54, 1.807) is 61.5 Å². The molecule has 3 N–H and O–H groups in total. The molecule has 0 unspecified atom stereocenters. The van der Waals surface area contributed by atoms with Gasteiger partial charge in [0, 0.05) is 15.6 Å². The summed E-state index contributed by atoms with van der Waals surface area (Å²) in [5.41, 5.74) is 4.06. The van der Waals surface area contributed by atoms with E-state index in [0.717, 1.165) is 5.56 Å². The van der Waals surface area contributed by atoms with Gasteiger partial charge < -0.3 is 15.2 Å². The minimum Gasteiger partial charge on any atom is -0.504 e. The number of hydrogen-bond donors (Lipinski definition) is 3. The molecule has 0 saturated carbocycles. The van der Waals surface area contributed by atoms with Crippen LogP contribution in [-0.2, 0) is 4.79 Å². The van der Waals surface area contributed by atoms with Gasteiger partial charge in [-0.3, -0.25) is 9.59 Å². The van der Waals surface area contributed by atoms with Crippen molar-refractivity contribution in [2.75, 3.05) is 6.61 Å². The Morgan fingerprint density at radius 3 is 2.43 bits per heavy atom. The second-order valence-electron chi connectivity index (χ2n) is 7.14. The average molecular weight is 534 g/mol. The Bertz CT molecular complexity index is 1260. The molecular formula is C27H24BrN3O4. The van der Waals surface area contributed by atoms with Crippen molar-refractivity contribution in [1.82, 2.24) is 10.7 Å². The number of hydrazone groups is 1. The van der Waals surface area contributed by atoms with Crippen LogP contribution in [0.3, 0.4) is 0 Å². The Morgan fingerprint density at radius 1 is 1.06 bits per heavy atom. The molecule has 0 aromatic heterocycles. The lowest BCUT2D eigenvalue weighted by Gasteiger charge is -2.09. The van der Waals surface area contributed by atoms with Gasteiger partial charge in [0.25, 0.3) is 11.8 Å². The highest BCUT2D eigenvalue weighted by Gasteiger charge is 2.14. The van der Waals surface area contributed by atoms with Crippen molar-refractivity contribution >= 4 is 40.0 Å². The highest BCUT2D eigenvalue weighted by Crippen LogP contribution is 2.32. The molecule has 7 nitrogen and oxygen atoms in total. The van der Waals surface area contributed by atoms with Crippen LogP contribution >= 0.6 is 15.9 Å². The molecule has 3 aromatic carbocycles. The summed E-state index contributed by atoms with van der Waals surface area (Å²) in [6, 6.07) is 21.4. The maximum atomic E-state index is 12.8. The van der Waals surface area contributed by atoms with Crippen molar-refractivity contribution in [2.45, 2.75) is 6.92 Å². The van der Waals surface area contributed by atoms with E-state index in [4.69, 9.17) is 4.74 Å². The number of hydrogen-bond acceptors (Lipinski definition) is 5. The third-order valence-electron chi connectivity index (χ3n) is 4.62. The molecule has 0 radical (unpaired) electrons. The van der Waals surface area contributed by atoms with Crippen LogP contribution in [0.5, 0.6) is 11.5 Å².